The lowest BCUT2D eigenvalue weighted by atomic mass is 9.88. The van der Waals surface area contributed by atoms with Crippen molar-refractivity contribution >= 4 is 11.9 Å². The van der Waals surface area contributed by atoms with Crippen LogP contribution >= 0.6 is 0 Å². The van der Waals surface area contributed by atoms with E-state index in [-0.39, 0.29) is 17.7 Å². The molecule has 2 unspecified atom stereocenters. The second-order valence-electron chi connectivity index (χ2n) is 4.50. The Morgan fingerprint density at radius 2 is 2.25 bits per heavy atom. The predicted octanol–water partition coefficient (Wildman–Crippen LogP) is 2.20. The molecule has 1 saturated heterocycles. The van der Waals surface area contributed by atoms with Crippen LogP contribution in [0.2, 0.25) is 0 Å². The number of carbonyl (C=O) groups is 1. The summed E-state index contributed by atoms with van der Waals surface area (Å²) in [5.41, 5.74) is 0.844. The Labute approximate surface area is 95.7 Å². The highest BCUT2D eigenvalue weighted by Gasteiger charge is 2.31. The zero-order valence-corrected chi connectivity index (χ0v) is 9.93. The first-order chi connectivity index (χ1) is 7.59. The lowest BCUT2D eigenvalue weighted by molar-refractivity contribution is -0.121. The average molecular weight is 219 g/mol. The van der Waals surface area contributed by atoms with Crippen LogP contribution in [0.25, 0.3) is 6.08 Å². The number of likely N-dealkylation sites (tertiary alicyclic amines) is 1. The third kappa shape index (κ3) is 1.95. The summed E-state index contributed by atoms with van der Waals surface area (Å²) in [6.07, 6.45) is 3.48. The minimum absolute atomic E-state index is 0.0717. The van der Waals surface area contributed by atoms with E-state index in [2.05, 4.69) is 11.8 Å². The van der Waals surface area contributed by atoms with Crippen LogP contribution in [-0.4, -0.2) is 30.3 Å². The Morgan fingerprint density at radius 1 is 1.50 bits per heavy atom. The van der Waals surface area contributed by atoms with E-state index in [9.17, 15) is 4.79 Å². The van der Waals surface area contributed by atoms with Crippen LogP contribution in [0.1, 0.15) is 19.6 Å². The third-order valence-corrected chi connectivity index (χ3v) is 3.25. The number of furan rings is 1. The average Bonchev–Trinajstić information content (AvgIpc) is 2.74. The molecule has 1 aromatic heterocycles. The highest BCUT2D eigenvalue weighted by atomic mass is 16.3. The molecule has 0 saturated carbocycles. The van der Waals surface area contributed by atoms with Crippen molar-refractivity contribution in [2.24, 2.45) is 5.92 Å². The maximum atomic E-state index is 12.1. The van der Waals surface area contributed by atoms with Crippen molar-refractivity contribution in [1.82, 2.24) is 4.90 Å². The first-order valence-corrected chi connectivity index (χ1v) is 5.59. The highest BCUT2D eigenvalue weighted by Crippen LogP contribution is 2.24. The fourth-order valence-electron chi connectivity index (χ4n) is 2.12. The van der Waals surface area contributed by atoms with Gasteiger partial charge in [0.2, 0.25) is 0 Å². The van der Waals surface area contributed by atoms with E-state index in [1.165, 1.54) is 0 Å². The fourth-order valence-corrected chi connectivity index (χ4v) is 2.12. The van der Waals surface area contributed by atoms with Crippen molar-refractivity contribution in [1.29, 1.82) is 0 Å². The molecule has 0 spiro atoms. The third-order valence-electron chi connectivity index (χ3n) is 3.25. The minimum atomic E-state index is 0.0717. The molecule has 0 aromatic carbocycles. The summed E-state index contributed by atoms with van der Waals surface area (Å²) >= 11 is 0. The summed E-state index contributed by atoms with van der Waals surface area (Å²) < 4.78 is 5.26. The monoisotopic (exact) mass is 219 g/mol. The van der Waals surface area contributed by atoms with Crippen LogP contribution in [0, 0.1) is 5.92 Å². The Hall–Kier alpha value is -1.35. The smallest absolute Gasteiger partial charge is 0.164 e. The molecule has 0 amide bonds. The van der Waals surface area contributed by atoms with Crippen LogP contribution in [-0.2, 0) is 4.79 Å². The van der Waals surface area contributed by atoms with Crippen LogP contribution in [0.3, 0.4) is 0 Å². The van der Waals surface area contributed by atoms with Crippen molar-refractivity contribution < 1.29 is 9.21 Å². The number of Topliss-reactive ketones (excluding diaryl/α,β-unsaturated/α-hetero) is 1. The molecule has 2 atom stereocenters. The Bertz CT molecular complexity index is 406. The van der Waals surface area contributed by atoms with Gasteiger partial charge in [-0.3, -0.25) is 9.69 Å². The summed E-state index contributed by atoms with van der Waals surface area (Å²) in [5.74, 6) is 1.06. The topological polar surface area (TPSA) is 33.5 Å². The summed E-state index contributed by atoms with van der Waals surface area (Å²) in [5, 5.41) is 0. The van der Waals surface area contributed by atoms with Gasteiger partial charge in [0.05, 0.1) is 6.26 Å². The molecule has 3 nitrogen and oxygen atoms in total. The van der Waals surface area contributed by atoms with Crippen LogP contribution in [0.15, 0.2) is 28.4 Å². The molecule has 0 radical (unpaired) electrons. The van der Waals surface area contributed by atoms with Gasteiger partial charge in [-0.2, -0.15) is 0 Å². The van der Waals surface area contributed by atoms with Gasteiger partial charge in [-0.05, 0) is 32.2 Å². The van der Waals surface area contributed by atoms with E-state index < -0.39 is 0 Å². The molecule has 1 aliphatic heterocycles. The van der Waals surface area contributed by atoms with Gasteiger partial charge in [0.1, 0.15) is 5.76 Å². The molecule has 3 heteroatoms. The number of hydrogen-bond acceptors (Lipinski definition) is 3. The standard InChI is InChI=1S/C13H17NO2/c1-9-8-14(3)10(2)12(13(9)15)7-11-5-4-6-16-11/h4-7,9-10H,8H2,1-3H3/b12-7-. The van der Waals surface area contributed by atoms with Gasteiger partial charge >= 0.3 is 0 Å². The van der Waals surface area contributed by atoms with Gasteiger partial charge in [0.15, 0.2) is 5.78 Å². The van der Waals surface area contributed by atoms with Crippen LogP contribution in [0.4, 0.5) is 0 Å². The molecular weight excluding hydrogens is 202 g/mol. The Morgan fingerprint density at radius 3 is 2.88 bits per heavy atom. The zero-order chi connectivity index (χ0) is 11.7. The number of ketones is 1. The molecule has 1 aromatic rings. The number of hydrogen-bond donors (Lipinski definition) is 0. The van der Waals surface area contributed by atoms with E-state index >= 15 is 0 Å². The second kappa shape index (κ2) is 4.26. The van der Waals surface area contributed by atoms with E-state index in [0.29, 0.717) is 0 Å². The molecule has 16 heavy (non-hydrogen) atoms. The molecule has 2 heterocycles. The first kappa shape index (κ1) is 11.1. The van der Waals surface area contributed by atoms with Gasteiger partial charge in [-0.15, -0.1) is 0 Å². The number of carbonyl (C=O) groups excluding carboxylic acids is 1. The molecule has 0 bridgehead atoms. The van der Waals surface area contributed by atoms with Gasteiger partial charge in [0.25, 0.3) is 0 Å². The molecule has 0 N–H and O–H groups in total. The minimum Gasteiger partial charge on any atom is -0.465 e. The maximum Gasteiger partial charge on any atom is 0.164 e. The van der Waals surface area contributed by atoms with Crippen molar-refractivity contribution in [2.75, 3.05) is 13.6 Å². The van der Waals surface area contributed by atoms with Crippen molar-refractivity contribution in [3.05, 3.63) is 29.7 Å². The molecule has 1 fully saturated rings. The first-order valence-electron chi connectivity index (χ1n) is 5.59. The summed E-state index contributed by atoms with van der Waals surface area (Å²) in [4.78, 5) is 14.3. The molecule has 86 valence electrons. The van der Waals surface area contributed by atoms with Crippen molar-refractivity contribution in [3.63, 3.8) is 0 Å². The van der Waals surface area contributed by atoms with Gasteiger partial charge < -0.3 is 4.42 Å². The molecule has 0 aliphatic carbocycles. The van der Waals surface area contributed by atoms with E-state index in [0.717, 1.165) is 17.9 Å². The molecule has 1 aliphatic rings. The number of piperidine rings is 1. The number of nitrogens with zero attached hydrogens (tertiary/aromatic N) is 1. The van der Waals surface area contributed by atoms with E-state index in [1.54, 1.807) is 6.26 Å². The second-order valence-corrected chi connectivity index (χ2v) is 4.50. The van der Waals surface area contributed by atoms with Crippen LogP contribution in [0.5, 0.6) is 0 Å². The van der Waals surface area contributed by atoms with E-state index in [1.807, 2.05) is 32.2 Å². The van der Waals surface area contributed by atoms with Crippen LogP contribution < -0.4 is 0 Å². The highest BCUT2D eigenvalue weighted by molar-refractivity contribution is 6.02. The SMILES string of the molecule is CC1CN(C)C(C)/C(=C/c2ccco2)C1=O. The lowest BCUT2D eigenvalue weighted by Gasteiger charge is -2.34. The number of rotatable bonds is 1. The van der Waals surface area contributed by atoms with Crippen molar-refractivity contribution in [2.45, 2.75) is 19.9 Å². The normalized spacial score (nSPS) is 29.9. The van der Waals surface area contributed by atoms with Crippen molar-refractivity contribution in [3.8, 4) is 0 Å². The number of likely N-dealkylation sites (N-methyl/N-ethyl adjacent to an activating group) is 1. The quantitative estimate of drug-likeness (QED) is 0.679. The largest absolute Gasteiger partial charge is 0.465 e. The zero-order valence-electron chi connectivity index (χ0n) is 9.93. The summed E-state index contributed by atoms with van der Waals surface area (Å²) in [7, 11) is 2.05. The van der Waals surface area contributed by atoms with Gasteiger partial charge in [0, 0.05) is 24.1 Å². The van der Waals surface area contributed by atoms with Gasteiger partial charge in [-0.1, -0.05) is 6.92 Å². The summed E-state index contributed by atoms with van der Waals surface area (Å²) in [6, 6.07) is 3.86. The molecular formula is C13H17NO2. The summed E-state index contributed by atoms with van der Waals surface area (Å²) in [6.45, 7) is 4.86. The Kier molecular flexibility index (Phi) is 2.97. The predicted molar refractivity (Wildman–Crippen MR) is 62.9 cm³/mol. The molecule has 2 rings (SSSR count). The van der Waals surface area contributed by atoms with Gasteiger partial charge in [-0.25, -0.2) is 0 Å². The Balaban J connectivity index is 2.33. The lowest BCUT2D eigenvalue weighted by Crippen LogP contribution is -2.44. The maximum absolute atomic E-state index is 12.1. The van der Waals surface area contributed by atoms with E-state index in [4.69, 9.17) is 4.42 Å². The fraction of sp³-hybridized carbons (Fsp3) is 0.462.